The highest BCUT2D eigenvalue weighted by atomic mass is 16.5. The highest BCUT2D eigenvalue weighted by molar-refractivity contribution is 5.77. The number of carbonyl (C=O) groups is 1. The van der Waals surface area contributed by atoms with Crippen molar-refractivity contribution >= 4 is 5.91 Å². The maximum absolute atomic E-state index is 11.8. The van der Waals surface area contributed by atoms with E-state index in [1.807, 2.05) is 38.1 Å². The Kier molecular flexibility index (Phi) is 5.01. The first kappa shape index (κ1) is 13.6. The first-order chi connectivity index (χ1) is 8.06. The summed E-state index contributed by atoms with van der Waals surface area (Å²) in [5.41, 5.74) is 1.13. The van der Waals surface area contributed by atoms with E-state index in [2.05, 4.69) is 6.92 Å². The minimum atomic E-state index is 0.00547. The summed E-state index contributed by atoms with van der Waals surface area (Å²) >= 11 is 0. The zero-order chi connectivity index (χ0) is 12.8. The first-order valence-corrected chi connectivity index (χ1v) is 6.02. The van der Waals surface area contributed by atoms with E-state index in [1.165, 1.54) is 0 Å². The van der Waals surface area contributed by atoms with Crippen LogP contribution in [0.3, 0.4) is 0 Å². The molecule has 0 saturated carbocycles. The highest BCUT2D eigenvalue weighted by Gasteiger charge is 2.12. The van der Waals surface area contributed by atoms with Crippen molar-refractivity contribution in [2.75, 3.05) is 13.7 Å². The van der Waals surface area contributed by atoms with Gasteiger partial charge in [0.25, 0.3) is 5.91 Å². The normalized spacial score (nSPS) is 10.4. The van der Waals surface area contributed by atoms with Crippen molar-refractivity contribution in [1.82, 2.24) is 4.90 Å². The third kappa shape index (κ3) is 3.77. The number of hydrogen-bond donors (Lipinski definition) is 0. The maximum atomic E-state index is 11.8. The number of carbonyl (C=O) groups excluding carboxylic acids is 1. The molecule has 0 aliphatic carbocycles. The zero-order valence-corrected chi connectivity index (χ0v) is 11.1. The van der Waals surface area contributed by atoms with Gasteiger partial charge in [0.1, 0.15) is 5.75 Å². The van der Waals surface area contributed by atoms with Crippen LogP contribution in [0.15, 0.2) is 24.3 Å². The van der Waals surface area contributed by atoms with Crippen LogP contribution in [-0.4, -0.2) is 30.5 Å². The van der Waals surface area contributed by atoms with E-state index < -0.39 is 0 Å². The lowest BCUT2D eigenvalue weighted by atomic mass is 10.1. The average molecular weight is 235 g/mol. The molecular formula is C14H21NO2. The number of para-hydroxylation sites is 1. The topological polar surface area (TPSA) is 29.5 Å². The van der Waals surface area contributed by atoms with Gasteiger partial charge in [-0.2, -0.15) is 0 Å². The summed E-state index contributed by atoms with van der Waals surface area (Å²) in [6.45, 7) is 6.14. The van der Waals surface area contributed by atoms with E-state index in [9.17, 15) is 4.79 Å². The van der Waals surface area contributed by atoms with Crippen molar-refractivity contribution in [2.24, 2.45) is 0 Å². The molecule has 17 heavy (non-hydrogen) atoms. The third-order valence-electron chi connectivity index (χ3n) is 2.87. The van der Waals surface area contributed by atoms with Gasteiger partial charge >= 0.3 is 0 Å². The molecular weight excluding hydrogens is 214 g/mol. The molecule has 0 aliphatic heterocycles. The van der Waals surface area contributed by atoms with Crippen LogP contribution in [0.2, 0.25) is 0 Å². The van der Waals surface area contributed by atoms with E-state index in [4.69, 9.17) is 4.74 Å². The van der Waals surface area contributed by atoms with Crippen LogP contribution in [0.1, 0.15) is 26.3 Å². The molecule has 0 N–H and O–H groups in total. The molecule has 0 heterocycles. The number of rotatable bonds is 5. The van der Waals surface area contributed by atoms with Gasteiger partial charge in [-0.05, 0) is 31.9 Å². The number of likely N-dealkylation sites (N-methyl/N-ethyl adjacent to an activating group) is 1. The predicted octanol–water partition coefficient (Wildman–Crippen LogP) is 2.49. The largest absolute Gasteiger partial charge is 0.483 e. The molecule has 0 fully saturated rings. The minimum absolute atomic E-state index is 0.00547. The first-order valence-electron chi connectivity index (χ1n) is 6.02. The number of aryl methyl sites for hydroxylation is 1. The second kappa shape index (κ2) is 6.28. The van der Waals surface area contributed by atoms with Gasteiger partial charge in [-0.15, -0.1) is 0 Å². The molecule has 1 aromatic rings. The fourth-order valence-corrected chi connectivity index (χ4v) is 1.47. The average Bonchev–Trinajstić information content (AvgIpc) is 2.35. The number of nitrogens with zero attached hydrogens (tertiary/aromatic N) is 1. The molecule has 94 valence electrons. The van der Waals surface area contributed by atoms with E-state index in [0.717, 1.165) is 17.7 Å². The van der Waals surface area contributed by atoms with Gasteiger partial charge in [0.15, 0.2) is 6.61 Å². The SMILES string of the molecule is CCc1ccccc1OCC(=O)N(C)C(C)C. The second-order valence-corrected chi connectivity index (χ2v) is 4.35. The molecule has 0 spiro atoms. The number of amides is 1. The van der Waals surface area contributed by atoms with Gasteiger partial charge < -0.3 is 9.64 Å². The van der Waals surface area contributed by atoms with Gasteiger partial charge in [0, 0.05) is 13.1 Å². The lowest BCUT2D eigenvalue weighted by Gasteiger charge is -2.21. The van der Waals surface area contributed by atoms with E-state index in [-0.39, 0.29) is 18.6 Å². The Morgan fingerprint density at radius 3 is 2.59 bits per heavy atom. The molecule has 1 amide bonds. The van der Waals surface area contributed by atoms with Gasteiger partial charge in [0.05, 0.1) is 0 Å². The van der Waals surface area contributed by atoms with Gasteiger partial charge in [-0.1, -0.05) is 25.1 Å². The van der Waals surface area contributed by atoms with Gasteiger partial charge in [0.2, 0.25) is 0 Å². The summed E-state index contributed by atoms with van der Waals surface area (Å²) in [5.74, 6) is 0.811. The molecule has 0 saturated heterocycles. The van der Waals surface area contributed by atoms with Gasteiger partial charge in [-0.25, -0.2) is 0 Å². The Bertz CT molecular complexity index is 374. The van der Waals surface area contributed by atoms with Crippen molar-refractivity contribution in [2.45, 2.75) is 33.2 Å². The fraction of sp³-hybridized carbons (Fsp3) is 0.500. The van der Waals surface area contributed by atoms with Crippen molar-refractivity contribution in [3.8, 4) is 5.75 Å². The van der Waals surface area contributed by atoms with E-state index in [0.29, 0.717) is 0 Å². The van der Waals surface area contributed by atoms with Crippen LogP contribution in [0.25, 0.3) is 0 Å². The number of hydrogen-bond acceptors (Lipinski definition) is 2. The summed E-state index contributed by atoms with van der Waals surface area (Å²) in [6.07, 6.45) is 0.907. The third-order valence-corrected chi connectivity index (χ3v) is 2.87. The number of ether oxygens (including phenoxy) is 1. The molecule has 0 unspecified atom stereocenters. The summed E-state index contributed by atoms with van der Waals surface area (Å²) in [5, 5.41) is 0. The Hall–Kier alpha value is -1.51. The summed E-state index contributed by atoms with van der Waals surface area (Å²) in [6, 6.07) is 8.03. The Morgan fingerprint density at radius 2 is 2.00 bits per heavy atom. The Labute approximate surface area is 103 Å². The minimum Gasteiger partial charge on any atom is -0.483 e. The van der Waals surface area contributed by atoms with Gasteiger partial charge in [-0.3, -0.25) is 4.79 Å². The van der Waals surface area contributed by atoms with Crippen molar-refractivity contribution in [1.29, 1.82) is 0 Å². The van der Waals surface area contributed by atoms with Crippen LogP contribution in [0, 0.1) is 0 Å². The smallest absolute Gasteiger partial charge is 0.260 e. The number of benzene rings is 1. The quantitative estimate of drug-likeness (QED) is 0.784. The predicted molar refractivity (Wildman–Crippen MR) is 69.2 cm³/mol. The summed E-state index contributed by atoms with van der Waals surface area (Å²) in [7, 11) is 1.79. The molecule has 0 aliphatic rings. The Balaban J connectivity index is 2.58. The molecule has 3 nitrogen and oxygen atoms in total. The van der Waals surface area contributed by atoms with Crippen LogP contribution < -0.4 is 4.74 Å². The summed E-state index contributed by atoms with van der Waals surface area (Å²) in [4.78, 5) is 13.4. The van der Waals surface area contributed by atoms with Crippen LogP contribution in [0.4, 0.5) is 0 Å². The molecule has 0 bridgehead atoms. The van der Waals surface area contributed by atoms with E-state index in [1.54, 1.807) is 11.9 Å². The monoisotopic (exact) mass is 235 g/mol. The second-order valence-electron chi connectivity index (χ2n) is 4.35. The summed E-state index contributed by atoms with van der Waals surface area (Å²) < 4.78 is 5.57. The van der Waals surface area contributed by atoms with Crippen molar-refractivity contribution < 1.29 is 9.53 Å². The molecule has 0 atom stereocenters. The van der Waals surface area contributed by atoms with Crippen LogP contribution >= 0.6 is 0 Å². The maximum Gasteiger partial charge on any atom is 0.260 e. The Morgan fingerprint density at radius 1 is 1.35 bits per heavy atom. The van der Waals surface area contributed by atoms with E-state index >= 15 is 0 Å². The van der Waals surface area contributed by atoms with Crippen LogP contribution in [-0.2, 0) is 11.2 Å². The molecule has 1 rings (SSSR count). The zero-order valence-electron chi connectivity index (χ0n) is 11.1. The standard InChI is InChI=1S/C14H21NO2/c1-5-12-8-6-7-9-13(12)17-10-14(16)15(4)11(2)3/h6-9,11H,5,10H2,1-4H3. The lowest BCUT2D eigenvalue weighted by molar-refractivity contribution is -0.133. The van der Waals surface area contributed by atoms with Crippen molar-refractivity contribution in [3.63, 3.8) is 0 Å². The highest BCUT2D eigenvalue weighted by Crippen LogP contribution is 2.18. The van der Waals surface area contributed by atoms with Crippen molar-refractivity contribution in [3.05, 3.63) is 29.8 Å². The molecule has 3 heteroatoms. The molecule has 0 radical (unpaired) electrons. The lowest BCUT2D eigenvalue weighted by Crippen LogP contribution is -2.36. The molecule has 1 aromatic carbocycles. The fourth-order valence-electron chi connectivity index (χ4n) is 1.47. The van der Waals surface area contributed by atoms with Crippen LogP contribution in [0.5, 0.6) is 5.75 Å². The molecule has 0 aromatic heterocycles.